The number of aromatic nitrogens is 1. The van der Waals surface area contributed by atoms with E-state index in [-0.39, 0.29) is 24.4 Å². The number of aryl methyl sites for hydroxylation is 1. The minimum atomic E-state index is -0.390. The average Bonchev–Trinajstić information content (AvgIpc) is 2.69. The number of fused-ring (bicyclic) bond motifs is 1. The van der Waals surface area contributed by atoms with Crippen molar-refractivity contribution in [2.75, 3.05) is 22.6 Å². The van der Waals surface area contributed by atoms with Crippen molar-refractivity contribution in [1.82, 2.24) is 10.3 Å². The summed E-state index contributed by atoms with van der Waals surface area (Å²) in [6.07, 6.45) is 5.48. The molecule has 1 aromatic heterocycles. The lowest BCUT2D eigenvalue weighted by atomic mass is 9.89. The van der Waals surface area contributed by atoms with E-state index in [0.29, 0.717) is 17.5 Å². The predicted octanol–water partition coefficient (Wildman–Crippen LogP) is 3.59. The Labute approximate surface area is 164 Å². The van der Waals surface area contributed by atoms with E-state index in [4.69, 9.17) is 5.73 Å². The van der Waals surface area contributed by atoms with Crippen LogP contribution in [0, 0.1) is 12.7 Å². The number of anilines is 3. The molecule has 1 saturated carbocycles. The molecule has 0 unspecified atom stereocenters. The highest BCUT2D eigenvalue weighted by molar-refractivity contribution is 6.07. The van der Waals surface area contributed by atoms with Gasteiger partial charge in [0, 0.05) is 29.9 Å². The fraction of sp³-hybridized carbons (Fsp3) is 0.429. The van der Waals surface area contributed by atoms with Crippen LogP contribution in [0.4, 0.5) is 26.4 Å². The molecule has 0 bridgehead atoms. The summed E-state index contributed by atoms with van der Waals surface area (Å²) < 4.78 is 14.7. The number of nitrogen functional groups attached to an aromatic ring is 1. The minimum absolute atomic E-state index is 0.0625. The van der Waals surface area contributed by atoms with Gasteiger partial charge in [0.15, 0.2) is 0 Å². The fourth-order valence-corrected chi connectivity index (χ4v) is 4.42. The first-order chi connectivity index (χ1) is 13.5. The van der Waals surface area contributed by atoms with Gasteiger partial charge in [-0.15, -0.1) is 0 Å². The Morgan fingerprint density at radius 1 is 1.25 bits per heavy atom. The quantitative estimate of drug-likeness (QED) is 0.849. The van der Waals surface area contributed by atoms with Crippen molar-refractivity contribution in [3.05, 3.63) is 47.4 Å². The molecule has 6 nitrogen and oxygen atoms in total. The smallest absolute Gasteiger partial charge is 0.329 e. The number of para-hydroxylation sites is 1. The second-order valence-corrected chi connectivity index (χ2v) is 7.68. The van der Waals surface area contributed by atoms with E-state index in [1.807, 2.05) is 24.9 Å². The van der Waals surface area contributed by atoms with E-state index < -0.39 is 0 Å². The van der Waals surface area contributed by atoms with E-state index in [9.17, 15) is 9.18 Å². The number of hydrogen-bond acceptors (Lipinski definition) is 4. The molecule has 4 rings (SSSR count). The zero-order chi connectivity index (χ0) is 19.8. The number of carbonyl (C=O) groups is 1. The first kappa shape index (κ1) is 18.7. The summed E-state index contributed by atoms with van der Waals surface area (Å²) in [6.45, 7) is 2.11. The molecule has 148 valence electrons. The van der Waals surface area contributed by atoms with E-state index in [2.05, 4.69) is 10.3 Å². The molecular weight excluding hydrogens is 357 g/mol. The third kappa shape index (κ3) is 3.20. The summed E-state index contributed by atoms with van der Waals surface area (Å²) in [7, 11) is 1.97. The molecule has 1 aromatic carbocycles. The minimum Gasteiger partial charge on any atom is -0.384 e. The second kappa shape index (κ2) is 7.39. The molecule has 0 atom stereocenters. The SMILES string of the molecule is CN[C@H]1CC[C@@H](N2C(=O)N(c3c(C)cccc3F)Cc3cnc(N)cc32)CC1. The van der Waals surface area contributed by atoms with Gasteiger partial charge < -0.3 is 11.1 Å². The molecule has 28 heavy (non-hydrogen) atoms. The molecule has 2 aromatic rings. The first-order valence-electron chi connectivity index (χ1n) is 9.77. The summed E-state index contributed by atoms with van der Waals surface area (Å²) in [4.78, 5) is 21.1. The van der Waals surface area contributed by atoms with Crippen molar-refractivity contribution in [1.29, 1.82) is 0 Å². The molecule has 1 aliphatic heterocycles. The maximum Gasteiger partial charge on any atom is 0.329 e. The Morgan fingerprint density at radius 2 is 2.00 bits per heavy atom. The van der Waals surface area contributed by atoms with E-state index in [0.717, 1.165) is 42.5 Å². The molecule has 0 radical (unpaired) electrons. The van der Waals surface area contributed by atoms with Gasteiger partial charge in [-0.05, 0) is 51.3 Å². The van der Waals surface area contributed by atoms with Gasteiger partial charge in [0.05, 0.1) is 17.9 Å². The third-order valence-electron chi connectivity index (χ3n) is 5.94. The van der Waals surface area contributed by atoms with Crippen LogP contribution >= 0.6 is 0 Å². The van der Waals surface area contributed by atoms with Crippen LogP contribution in [0.1, 0.15) is 36.8 Å². The Balaban J connectivity index is 1.76. The highest BCUT2D eigenvalue weighted by atomic mass is 19.1. The van der Waals surface area contributed by atoms with Crippen LogP contribution < -0.4 is 20.9 Å². The summed E-state index contributed by atoms with van der Waals surface area (Å²) in [6, 6.07) is 6.99. The maximum atomic E-state index is 14.7. The molecule has 2 aliphatic rings. The standard InChI is InChI=1S/C21H26FN5O/c1-13-4-3-5-17(22)20(13)26-12-14-11-25-19(23)10-18(14)27(21(26)28)16-8-6-15(24-2)7-9-16/h3-5,10-11,15-16,24H,6-9,12H2,1-2H3,(H2,23,25)/t15-,16+. The molecule has 1 aliphatic carbocycles. The lowest BCUT2D eigenvalue weighted by molar-refractivity contribution is 0.242. The summed E-state index contributed by atoms with van der Waals surface area (Å²) in [5.41, 5.74) is 8.68. The van der Waals surface area contributed by atoms with Gasteiger partial charge in [0.25, 0.3) is 0 Å². The highest BCUT2D eigenvalue weighted by Crippen LogP contribution is 2.38. The molecular formula is C21H26FN5O. The Hall–Kier alpha value is -2.67. The number of benzene rings is 1. The van der Waals surface area contributed by atoms with E-state index >= 15 is 0 Å². The van der Waals surface area contributed by atoms with Gasteiger partial charge in [-0.2, -0.15) is 0 Å². The zero-order valence-corrected chi connectivity index (χ0v) is 16.3. The van der Waals surface area contributed by atoms with E-state index in [1.165, 1.54) is 11.0 Å². The number of hydrogen-bond donors (Lipinski definition) is 2. The van der Waals surface area contributed by atoms with Gasteiger partial charge in [-0.3, -0.25) is 9.80 Å². The number of halogens is 1. The second-order valence-electron chi connectivity index (χ2n) is 7.68. The number of pyridine rings is 1. The fourth-order valence-electron chi connectivity index (χ4n) is 4.42. The molecule has 0 spiro atoms. The van der Waals surface area contributed by atoms with Gasteiger partial charge in [0.2, 0.25) is 0 Å². The van der Waals surface area contributed by atoms with Crippen LogP contribution in [-0.4, -0.2) is 30.1 Å². The monoisotopic (exact) mass is 383 g/mol. The van der Waals surface area contributed by atoms with E-state index in [1.54, 1.807) is 18.3 Å². The summed E-state index contributed by atoms with van der Waals surface area (Å²) >= 11 is 0. The van der Waals surface area contributed by atoms with Crippen LogP contribution in [0.3, 0.4) is 0 Å². The maximum absolute atomic E-state index is 14.7. The number of nitrogens with two attached hydrogens (primary N) is 1. The first-order valence-corrected chi connectivity index (χ1v) is 9.77. The van der Waals surface area contributed by atoms with Crippen molar-refractivity contribution in [2.24, 2.45) is 0 Å². The van der Waals surface area contributed by atoms with Gasteiger partial charge >= 0.3 is 6.03 Å². The molecule has 2 amide bonds. The summed E-state index contributed by atoms with van der Waals surface area (Å²) in [5, 5.41) is 3.32. The van der Waals surface area contributed by atoms with Crippen molar-refractivity contribution in [3.63, 3.8) is 0 Å². The molecule has 2 heterocycles. The van der Waals surface area contributed by atoms with Gasteiger partial charge in [0.1, 0.15) is 11.6 Å². The summed E-state index contributed by atoms with van der Waals surface area (Å²) in [5.74, 6) is -0.00460. The Kier molecular flexibility index (Phi) is 4.93. The molecule has 3 N–H and O–H groups in total. The van der Waals surface area contributed by atoms with Gasteiger partial charge in [-0.1, -0.05) is 12.1 Å². The number of nitrogens with zero attached hydrogens (tertiary/aromatic N) is 3. The average molecular weight is 383 g/mol. The lowest BCUT2D eigenvalue weighted by Crippen LogP contribution is -2.54. The predicted molar refractivity (Wildman–Crippen MR) is 109 cm³/mol. The zero-order valence-electron chi connectivity index (χ0n) is 16.3. The molecule has 7 heteroatoms. The van der Waals surface area contributed by atoms with Crippen LogP contribution in [0.15, 0.2) is 30.5 Å². The number of carbonyl (C=O) groups excluding carboxylic acids is 1. The normalized spacial score (nSPS) is 22.3. The molecule has 0 saturated heterocycles. The van der Waals surface area contributed by atoms with Crippen LogP contribution in [-0.2, 0) is 6.54 Å². The van der Waals surface area contributed by atoms with Crippen LogP contribution in [0.2, 0.25) is 0 Å². The number of nitrogens with one attached hydrogen (secondary N) is 1. The number of amides is 2. The lowest BCUT2D eigenvalue weighted by Gasteiger charge is -2.43. The number of urea groups is 1. The van der Waals surface area contributed by atoms with Crippen LogP contribution in [0.25, 0.3) is 0 Å². The Morgan fingerprint density at radius 3 is 2.68 bits per heavy atom. The van der Waals surface area contributed by atoms with Crippen molar-refractivity contribution in [2.45, 2.75) is 51.2 Å². The van der Waals surface area contributed by atoms with Gasteiger partial charge in [-0.25, -0.2) is 14.2 Å². The van der Waals surface area contributed by atoms with Crippen molar-refractivity contribution >= 4 is 23.2 Å². The largest absolute Gasteiger partial charge is 0.384 e. The topological polar surface area (TPSA) is 74.5 Å². The van der Waals surface area contributed by atoms with Crippen LogP contribution in [0.5, 0.6) is 0 Å². The Bertz CT molecular complexity index is 874. The molecule has 1 fully saturated rings. The number of rotatable bonds is 3. The highest BCUT2D eigenvalue weighted by Gasteiger charge is 2.38. The van der Waals surface area contributed by atoms with Crippen molar-refractivity contribution in [3.8, 4) is 0 Å². The van der Waals surface area contributed by atoms with Crippen molar-refractivity contribution < 1.29 is 9.18 Å². The third-order valence-corrected chi connectivity index (χ3v) is 5.94.